The summed E-state index contributed by atoms with van der Waals surface area (Å²) in [6.45, 7) is 0.495. The second-order valence-electron chi connectivity index (χ2n) is 3.89. The summed E-state index contributed by atoms with van der Waals surface area (Å²) in [5, 5.41) is 20.1. The molecule has 1 heterocycles. The number of nitrogens with zero attached hydrogens (tertiary/aromatic N) is 1. The van der Waals surface area contributed by atoms with Crippen LogP contribution in [0.3, 0.4) is 0 Å². The quantitative estimate of drug-likeness (QED) is 0.613. The molecule has 0 radical (unpaired) electrons. The van der Waals surface area contributed by atoms with Crippen LogP contribution in [0.25, 0.3) is 0 Å². The van der Waals surface area contributed by atoms with Crippen LogP contribution in [0.5, 0.6) is 0 Å². The Hall–Kier alpha value is -1.46. The molecule has 2 atom stereocenters. The van der Waals surface area contributed by atoms with Gasteiger partial charge in [0.1, 0.15) is 0 Å². The molecule has 1 fully saturated rings. The highest BCUT2D eigenvalue weighted by Gasteiger charge is 2.23. The van der Waals surface area contributed by atoms with Gasteiger partial charge in [-0.3, -0.25) is 10.1 Å². The van der Waals surface area contributed by atoms with E-state index in [1.807, 2.05) is 0 Å². The normalized spacial score (nSPS) is 25.3. The molecule has 5 nitrogen and oxygen atoms in total. The highest BCUT2D eigenvalue weighted by molar-refractivity contribution is 5.35. The summed E-state index contributed by atoms with van der Waals surface area (Å²) in [5.74, 6) is 0. The molecule has 0 bridgehead atoms. The van der Waals surface area contributed by atoms with Gasteiger partial charge in [-0.2, -0.15) is 0 Å². The fourth-order valence-corrected chi connectivity index (χ4v) is 1.85. The largest absolute Gasteiger partial charge is 0.393 e. The molecule has 0 spiro atoms. The van der Waals surface area contributed by atoms with E-state index in [4.69, 9.17) is 4.74 Å². The predicted molar refractivity (Wildman–Crippen MR) is 57.0 cm³/mol. The van der Waals surface area contributed by atoms with Crippen LogP contribution in [-0.4, -0.2) is 22.7 Å². The minimum absolute atomic E-state index is 0.0566. The van der Waals surface area contributed by atoms with Gasteiger partial charge < -0.3 is 9.84 Å². The molecule has 0 aliphatic carbocycles. The SMILES string of the molecule is O=[N+]([O-])c1cccc(C2CC(O)CCO2)c1. The average Bonchev–Trinajstić information content (AvgIpc) is 2.29. The summed E-state index contributed by atoms with van der Waals surface area (Å²) in [6, 6.07) is 6.37. The Labute approximate surface area is 92.8 Å². The van der Waals surface area contributed by atoms with Gasteiger partial charge in [0, 0.05) is 25.2 Å². The number of rotatable bonds is 2. The Kier molecular flexibility index (Phi) is 3.17. The molecule has 2 unspecified atom stereocenters. The maximum absolute atomic E-state index is 10.6. The molecule has 0 saturated carbocycles. The topological polar surface area (TPSA) is 72.6 Å². The maximum Gasteiger partial charge on any atom is 0.269 e. The zero-order valence-corrected chi connectivity index (χ0v) is 8.70. The van der Waals surface area contributed by atoms with Crippen molar-refractivity contribution in [1.82, 2.24) is 0 Å². The van der Waals surface area contributed by atoms with Crippen LogP contribution < -0.4 is 0 Å². The molecule has 0 aromatic heterocycles. The van der Waals surface area contributed by atoms with Gasteiger partial charge >= 0.3 is 0 Å². The van der Waals surface area contributed by atoms with Crippen molar-refractivity contribution in [3.63, 3.8) is 0 Å². The van der Waals surface area contributed by atoms with Gasteiger partial charge in [0.2, 0.25) is 0 Å². The molecule has 16 heavy (non-hydrogen) atoms. The third-order valence-electron chi connectivity index (χ3n) is 2.71. The predicted octanol–water partition coefficient (Wildman–Crippen LogP) is 1.81. The Bertz CT molecular complexity index is 393. The molecular formula is C11H13NO4. The number of non-ortho nitro benzene ring substituents is 1. The lowest BCUT2D eigenvalue weighted by atomic mass is 9.99. The van der Waals surface area contributed by atoms with E-state index in [-0.39, 0.29) is 17.9 Å². The van der Waals surface area contributed by atoms with E-state index in [1.54, 1.807) is 12.1 Å². The van der Waals surface area contributed by atoms with Crippen LogP contribution in [0, 0.1) is 10.1 Å². The first-order valence-electron chi connectivity index (χ1n) is 5.21. The second kappa shape index (κ2) is 4.59. The van der Waals surface area contributed by atoms with Crippen molar-refractivity contribution in [3.05, 3.63) is 39.9 Å². The lowest BCUT2D eigenvalue weighted by Gasteiger charge is -2.26. The number of hydrogen-bond acceptors (Lipinski definition) is 4. The van der Waals surface area contributed by atoms with Crippen molar-refractivity contribution >= 4 is 5.69 Å². The van der Waals surface area contributed by atoms with Crippen LogP contribution in [0.15, 0.2) is 24.3 Å². The standard InChI is InChI=1S/C11H13NO4/c13-10-4-5-16-11(7-10)8-2-1-3-9(6-8)12(14)15/h1-3,6,10-11,13H,4-5,7H2. The third-order valence-corrected chi connectivity index (χ3v) is 2.71. The average molecular weight is 223 g/mol. The summed E-state index contributed by atoms with van der Waals surface area (Å²) >= 11 is 0. The van der Waals surface area contributed by atoms with Crippen molar-refractivity contribution in [2.45, 2.75) is 25.0 Å². The van der Waals surface area contributed by atoms with Gasteiger partial charge in [-0.25, -0.2) is 0 Å². The van der Waals surface area contributed by atoms with Crippen LogP contribution in [0.2, 0.25) is 0 Å². The minimum atomic E-state index is -0.428. The van der Waals surface area contributed by atoms with Gasteiger partial charge in [-0.15, -0.1) is 0 Å². The van der Waals surface area contributed by atoms with Crippen molar-refractivity contribution < 1.29 is 14.8 Å². The van der Waals surface area contributed by atoms with E-state index in [9.17, 15) is 15.2 Å². The molecular weight excluding hydrogens is 210 g/mol. The van der Waals surface area contributed by atoms with E-state index in [2.05, 4.69) is 0 Å². The first-order chi connectivity index (χ1) is 7.66. The number of nitro benzene ring substituents is 1. The lowest BCUT2D eigenvalue weighted by Crippen LogP contribution is -2.23. The summed E-state index contributed by atoms with van der Waals surface area (Å²) in [5.41, 5.74) is 0.814. The van der Waals surface area contributed by atoms with Gasteiger partial charge in [0.25, 0.3) is 5.69 Å². The smallest absolute Gasteiger partial charge is 0.269 e. The molecule has 86 valence electrons. The summed E-state index contributed by atoms with van der Waals surface area (Å²) in [7, 11) is 0. The summed E-state index contributed by atoms with van der Waals surface area (Å²) in [4.78, 5) is 10.2. The van der Waals surface area contributed by atoms with E-state index in [0.717, 1.165) is 5.56 Å². The monoisotopic (exact) mass is 223 g/mol. The van der Waals surface area contributed by atoms with Crippen LogP contribution in [-0.2, 0) is 4.74 Å². The molecule has 1 saturated heterocycles. The van der Waals surface area contributed by atoms with Gasteiger partial charge in [-0.1, -0.05) is 12.1 Å². The van der Waals surface area contributed by atoms with E-state index in [1.165, 1.54) is 12.1 Å². The number of ether oxygens (including phenoxy) is 1. The Balaban J connectivity index is 2.19. The number of nitro groups is 1. The first-order valence-corrected chi connectivity index (χ1v) is 5.21. The highest BCUT2D eigenvalue weighted by atomic mass is 16.6. The molecule has 1 aromatic carbocycles. The van der Waals surface area contributed by atoms with Crippen molar-refractivity contribution in [3.8, 4) is 0 Å². The number of aliphatic hydroxyl groups is 1. The molecule has 1 aromatic rings. The van der Waals surface area contributed by atoms with Crippen LogP contribution >= 0.6 is 0 Å². The van der Waals surface area contributed by atoms with Gasteiger partial charge in [-0.05, 0) is 12.0 Å². The Morgan fingerprint density at radius 2 is 2.31 bits per heavy atom. The van der Waals surface area contributed by atoms with E-state index in [0.29, 0.717) is 19.4 Å². The highest BCUT2D eigenvalue weighted by Crippen LogP contribution is 2.29. The first kappa shape index (κ1) is 11.0. The zero-order chi connectivity index (χ0) is 11.5. The molecule has 1 aliphatic heterocycles. The zero-order valence-electron chi connectivity index (χ0n) is 8.70. The fraction of sp³-hybridized carbons (Fsp3) is 0.455. The van der Waals surface area contributed by atoms with Gasteiger partial charge in [0.05, 0.1) is 17.1 Å². The summed E-state index contributed by atoms with van der Waals surface area (Å²) < 4.78 is 5.49. The molecule has 0 amide bonds. The second-order valence-corrected chi connectivity index (χ2v) is 3.89. The Morgan fingerprint density at radius 3 is 3.00 bits per heavy atom. The lowest BCUT2D eigenvalue weighted by molar-refractivity contribution is -0.385. The third kappa shape index (κ3) is 2.37. The van der Waals surface area contributed by atoms with Crippen molar-refractivity contribution in [2.24, 2.45) is 0 Å². The molecule has 1 aliphatic rings. The van der Waals surface area contributed by atoms with Crippen LogP contribution in [0.4, 0.5) is 5.69 Å². The van der Waals surface area contributed by atoms with E-state index < -0.39 is 4.92 Å². The molecule has 2 rings (SSSR count). The maximum atomic E-state index is 10.6. The fourth-order valence-electron chi connectivity index (χ4n) is 1.85. The number of aliphatic hydroxyl groups excluding tert-OH is 1. The number of benzene rings is 1. The van der Waals surface area contributed by atoms with Gasteiger partial charge in [0.15, 0.2) is 0 Å². The molecule has 5 heteroatoms. The van der Waals surface area contributed by atoms with Crippen molar-refractivity contribution in [1.29, 1.82) is 0 Å². The summed E-state index contributed by atoms with van der Waals surface area (Å²) in [6.07, 6.45) is 0.522. The van der Waals surface area contributed by atoms with Crippen molar-refractivity contribution in [2.75, 3.05) is 6.61 Å². The number of hydrogen-bond donors (Lipinski definition) is 1. The minimum Gasteiger partial charge on any atom is -0.393 e. The Morgan fingerprint density at radius 1 is 1.50 bits per heavy atom. The van der Waals surface area contributed by atoms with Crippen LogP contribution in [0.1, 0.15) is 24.5 Å². The van der Waals surface area contributed by atoms with E-state index >= 15 is 0 Å². The molecule has 1 N–H and O–H groups in total.